The van der Waals surface area contributed by atoms with E-state index in [9.17, 15) is 5.11 Å². The summed E-state index contributed by atoms with van der Waals surface area (Å²) < 4.78 is 0. The zero-order chi connectivity index (χ0) is 8.27. The van der Waals surface area contributed by atoms with Gasteiger partial charge in [0.2, 0.25) is 0 Å². The van der Waals surface area contributed by atoms with E-state index in [2.05, 4.69) is 0 Å². The Morgan fingerprint density at radius 1 is 1.27 bits per heavy atom. The molecule has 2 atom stereocenters. The van der Waals surface area contributed by atoms with Crippen molar-refractivity contribution in [2.45, 2.75) is 18.4 Å². The van der Waals surface area contributed by atoms with Crippen LogP contribution >= 0.6 is 11.6 Å². The second-order valence-corrected chi connectivity index (χ2v) is 3.22. The number of alkyl halides is 1. The standard InChI is InChI=1S/C9H11ClO/c1-7(10)9(11)8-5-3-2-4-6-8/h2-7,9,11H,1H3/t7-,9-/m0/s1. The molecule has 11 heavy (non-hydrogen) atoms. The van der Waals surface area contributed by atoms with Crippen LogP contribution in [0.4, 0.5) is 0 Å². The SMILES string of the molecule is C[C@H](Cl)[C@H](O)c1ccccc1. The smallest absolute Gasteiger partial charge is 0.0950 e. The van der Waals surface area contributed by atoms with Crippen molar-refractivity contribution in [2.75, 3.05) is 0 Å². The van der Waals surface area contributed by atoms with Crippen molar-refractivity contribution in [3.8, 4) is 0 Å². The molecule has 0 saturated carbocycles. The van der Waals surface area contributed by atoms with Crippen LogP contribution in [0.1, 0.15) is 18.6 Å². The summed E-state index contributed by atoms with van der Waals surface area (Å²) in [5.74, 6) is 0. The van der Waals surface area contributed by atoms with Crippen LogP contribution in [0.2, 0.25) is 0 Å². The van der Waals surface area contributed by atoms with Crippen LogP contribution in [-0.4, -0.2) is 10.5 Å². The summed E-state index contributed by atoms with van der Waals surface area (Å²) in [4.78, 5) is 0. The fraction of sp³-hybridized carbons (Fsp3) is 0.333. The van der Waals surface area contributed by atoms with Gasteiger partial charge in [0.15, 0.2) is 0 Å². The first-order valence-electron chi connectivity index (χ1n) is 3.59. The third-order valence-corrected chi connectivity index (χ3v) is 1.81. The Labute approximate surface area is 71.6 Å². The number of hydrogen-bond acceptors (Lipinski definition) is 1. The maximum Gasteiger partial charge on any atom is 0.0950 e. The topological polar surface area (TPSA) is 20.2 Å². The molecule has 0 unspecified atom stereocenters. The molecule has 0 saturated heterocycles. The van der Waals surface area contributed by atoms with Gasteiger partial charge in [-0.3, -0.25) is 0 Å². The second-order valence-electron chi connectivity index (χ2n) is 2.53. The van der Waals surface area contributed by atoms with Gasteiger partial charge in [-0.15, -0.1) is 11.6 Å². The van der Waals surface area contributed by atoms with Gasteiger partial charge in [0.1, 0.15) is 0 Å². The lowest BCUT2D eigenvalue weighted by Gasteiger charge is -2.12. The fourth-order valence-electron chi connectivity index (χ4n) is 0.915. The Balaban J connectivity index is 2.77. The second kappa shape index (κ2) is 3.74. The molecule has 2 heteroatoms. The van der Waals surface area contributed by atoms with E-state index in [-0.39, 0.29) is 5.38 Å². The fourth-order valence-corrected chi connectivity index (χ4v) is 1.06. The summed E-state index contributed by atoms with van der Waals surface area (Å²) in [7, 11) is 0. The van der Waals surface area contributed by atoms with Gasteiger partial charge in [0.25, 0.3) is 0 Å². The van der Waals surface area contributed by atoms with E-state index in [0.29, 0.717) is 0 Å². The molecule has 0 bridgehead atoms. The van der Waals surface area contributed by atoms with Gasteiger partial charge in [-0.05, 0) is 12.5 Å². The highest BCUT2D eigenvalue weighted by Crippen LogP contribution is 2.19. The van der Waals surface area contributed by atoms with Crippen LogP contribution in [0, 0.1) is 0 Å². The van der Waals surface area contributed by atoms with Gasteiger partial charge in [0, 0.05) is 0 Å². The number of rotatable bonds is 2. The molecule has 1 rings (SSSR count). The highest BCUT2D eigenvalue weighted by atomic mass is 35.5. The van der Waals surface area contributed by atoms with Crippen LogP contribution in [0.5, 0.6) is 0 Å². The zero-order valence-electron chi connectivity index (χ0n) is 6.37. The normalized spacial score (nSPS) is 15.9. The summed E-state index contributed by atoms with van der Waals surface area (Å²) in [6.07, 6.45) is -0.558. The molecular weight excluding hydrogens is 160 g/mol. The van der Waals surface area contributed by atoms with E-state index in [1.165, 1.54) is 0 Å². The van der Waals surface area contributed by atoms with Gasteiger partial charge < -0.3 is 5.11 Å². The van der Waals surface area contributed by atoms with E-state index in [1.807, 2.05) is 30.3 Å². The van der Waals surface area contributed by atoms with Crippen LogP contribution in [0.15, 0.2) is 30.3 Å². The molecular formula is C9H11ClO. The van der Waals surface area contributed by atoms with Crippen LogP contribution in [0.25, 0.3) is 0 Å². The number of aliphatic hydroxyl groups excluding tert-OH is 1. The highest BCUT2D eigenvalue weighted by molar-refractivity contribution is 6.20. The molecule has 1 aromatic rings. The van der Waals surface area contributed by atoms with Crippen molar-refractivity contribution in [3.05, 3.63) is 35.9 Å². The quantitative estimate of drug-likeness (QED) is 0.676. The number of benzene rings is 1. The zero-order valence-corrected chi connectivity index (χ0v) is 7.12. The first kappa shape index (κ1) is 8.57. The summed E-state index contributed by atoms with van der Waals surface area (Å²) in [6.45, 7) is 1.78. The molecule has 0 amide bonds. The van der Waals surface area contributed by atoms with E-state index in [1.54, 1.807) is 6.92 Å². The average Bonchev–Trinajstić information content (AvgIpc) is 2.05. The molecule has 1 N–H and O–H groups in total. The van der Waals surface area contributed by atoms with E-state index in [0.717, 1.165) is 5.56 Å². The lowest BCUT2D eigenvalue weighted by molar-refractivity contribution is 0.177. The average molecular weight is 171 g/mol. The Bertz CT molecular complexity index is 208. The highest BCUT2D eigenvalue weighted by Gasteiger charge is 2.11. The Hall–Kier alpha value is -0.530. The molecule has 0 spiro atoms. The van der Waals surface area contributed by atoms with Crippen molar-refractivity contribution >= 4 is 11.6 Å². The van der Waals surface area contributed by atoms with Gasteiger partial charge in [0.05, 0.1) is 11.5 Å². The van der Waals surface area contributed by atoms with Crippen LogP contribution in [0.3, 0.4) is 0 Å². The van der Waals surface area contributed by atoms with Crippen LogP contribution < -0.4 is 0 Å². The third-order valence-electron chi connectivity index (χ3n) is 1.58. The lowest BCUT2D eigenvalue weighted by Crippen LogP contribution is -2.07. The summed E-state index contributed by atoms with van der Waals surface area (Å²) in [5, 5.41) is 9.23. The molecule has 0 aliphatic heterocycles. The molecule has 0 fully saturated rings. The predicted molar refractivity (Wildman–Crippen MR) is 46.7 cm³/mol. The third kappa shape index (κ3) is 2.21. The summed E-state index contributed by atoms with van der Waals surface area (Å²) in [6, 6.07) is 9.41. The molecule has 0 aliphatic rings. The number of hydrogen-bond donors (Lipinski definition) is 1. The van der Waals surface area contributed by atoms with Gasteiger partial charge >= 0.3 is 0 Å². The molecule has 0 aliphatic carbocycles. The predicted octanol–water partition coefficient (Wildman–Crippen LogP) is 2.35. The largest absolute Gasteiger partial charge is 0.387 e. The Morgan fingerprint density at radius 2 is 1.82 bits per heavy atom. The first-order valence-corrected chi connectivity index (χ1v) is 4.02. The number of aliphatic hydroxyl groups is 1. The van der Waals surface area contributed by atoms with Gasteiger partial charge in [-0.2, -0.15) is 0 Å². The summed E-state index contributed by atoms with van der Waals surface area (Å²) >= 11 is 5.71. The van der Waals surface area contributed by atoms with E-state index < -0.39 is 6.10 Å². The van der Waals surface area contributed by atoms with Crippen LogP contribution in [-0.2, 0) is 0 Å². The maximum atomic E-state index is 9.47. The molecule has 0 aromatic heterocycles. The minimum absolute atomic E-state index is 0.239. The monoisotopic (exact) mass is 170 g/mol. The van der Waals surface area contributed by atoms with Crippen molar-refractivity contribution in [3.63, 3.8) is 0 Å². The molecule has 1 aromatic carbocycles. The molecule has 0 heterocycles. The molecule has 60 valence electrons. The van der Waals surface area contributed by atoms with E-state index in [4.69, 9.17) is 11.6 Å². The summed E-state index contributed by atoms with van der Waals surface area (Å²) in [5.41, 5.74) is 0.870. The molecule has 1 nitrogen and oxygen atoms in total. The van der Waals surface area contributed by atoms with Crippen molar-refractivity contribution in [1.82, 2.24) is 0 Å². The van der Waals surface area contributed by atoms with Gasteiger partial charge in [-0.25, -0.2) is 0 Å². The number of halogens is 1. The van der Waals surface area contributed by atoms with Gasteiger partial charge in [-0.1, -0.05) is 30.3 Å². The minimum Gasteiger partial charge on any atom is -0.387 e. The first-order chi connectivity index (χ1) is 5.22. The minimum atomic E-state index is -0.558. The Kier molecular flexibility index (Phi) is 2.92. The van der Waals surface area contributed by atoms with E-state index >= 15 is 0 Å². The van der Waals surface area contributed by atoms with Crippen molar-refractivity contribution in [2.24, 2.45) is 0 Å². The lowest BCUT2D eigenvalue weighted by atomic mass is 10.1. The van der Waals surface area contributed by atoms with Crippen molar-refractivity contribution < 1.29 is 5.11 Å². The molecule has 0 radical (unpaired) electrons. The maximum absolute atomic E-state index is 9.47. The Morgan fingerprint density at radius 3 is 2.27 bits per heavy atom. The van der Waals surface area contributed by atoms with Crippen molar-refractivity contribution in [1.29, 1.82) is 0 Å².